The van der Waals surface area contributed by atoms with Crippen LogP contribution in [0.25, 0.3) is 0 Å². The van der Waals surface area contributed by atoms with E-state index in [-0.39, 0.29) is 17.5 Å². The van der Waals surface area contributed by atoms with Gasteiger partial charge in [-0.2, -0.15) is 0 Å². The Labute approximate surface area is 124 Å². The van der Waals surface area contributed by atoms with Crippen LogP contribution in [-0.2, 0) is 9.53 Å². The number of piperidine rings is 1. The maximum atomic E-state index is 12.8. The van der Waals surface area contributed by atoms with Crippen LogP contribution in [0.5, 0.6) is 0 Å². The SMILES string of the molecule is CCC(C)CC(C)(C(=O)OC1CCNCC1)C(C)(C)C. The number of ether oxygens (including phenoxy) is 1. The van der Waals surface area contributed by atoms with Crippen LogP contribution >= 0.6 is 0 Å². The molecule has 0 aliphatic carbocycles. The first-order valence-corrected chi connectivity index (χ1v) is 8.12. The quantitative estimate of drug-likeness (QED) is 0.781. The number of carbonyl (C=O) groups is 1. The molecular weight excluding hydrogens is 250 g/mol. The molecule has 1 aliphatic heterocycles. The zero-order valence-corrected chi connectivity index (χ0v) is 14.2. The molecule has 20 heavy (non-hydrogen) atoms. The minimum absolute atomic E-state index is 0.00259. The largest absolute Gasteiger partial charge is 0.462 e. The molecule has 0 aromatic rings. The topological polar surface area (TPSA) is 38.3 Å². The smallest absolute Gasteiger partial charge is 0.312 e. The van der Waals surface area contributed by atoms with Crippen LogP contribution in [0.4, 0.5) is 0 Å². The molecule has 0 bridgehead atoms. The lowest BCUT2D eigenvalue weighted by molar-refractivity contribution is -0.170. The lowest BCUT2D eigenvalue weighted by atomic mass is 9.63. The standard InChI is InChI=1S/C17H33NO2/c1-7-13(2)12-17(6,16(3,4)5)15(19)20-14-8-10-18-11-9-14/h13-14,18H,7-12H2,1-6H3. The highest BCUT2D eigenvalue weighted by molar-refractivity contribution is 5.77. The molecule has 1 N–H and O–H groups in total. The zero-order valence-electron chi connectivity index (χ0n) is 14.2. The van der Waals surface area contributed by atoms with Gasteiger partial charge in [-0.25, -0.2) is 0 Å². The van der Waals surface area contributed by atoms with E-state index in [0.717, 1.165) is 38.8 Å². The van der Waals surface area contributed by atoms with Crippen molar-refractivity contribution in [1.29, 1.82) is 0 Å². The van der Waals surface area contributed by atoms with Crippen molar-refractivity contribution in [3.8, 4) is 0 Å². The van der Waals surface area contributed by atoms with Crippen molar-refractivity contribution >= 4 is 5.97 Å². The van der Waals surface area contributed by atoms with Crippen molar-refractivity contribution < 1.29 is 9.53 Å². The van der Waals surface area contributed by atoms with Crippen LogP contribution in [0.3, 0.4) is 0 Å². The first kappa shape index (κ1) is 17.5. The third-order valence-electron chi connectivity index (χ3n) is 5.12. The van der Waals surface area contributed by atoms with Crippen molar-refractivity contribution in [2.45, 2.75) is 73.3 Å². The number of esters is 1. The summed E-state index contributed by atoms with van der Waals surface area (Å²) in [6.07, 6.45) is 3.98. The van der Waals surface area contributed by atoms with Crippen LogP contribution in [0.15, 0.2) is 0 Å². The van der Waals surface area contributed by atoms with E-state index in [1.165, 1.54) is 0 Å². The molecule has 0 aromatic carbocycles. The van der Waals surface area contributed by atoms with Gasteiger partial charge in [0.15, 0.2) is 0 Å². The summed E-state index contributed by atoms with van der Waals surface area (Å²) in [5, 5.41) is 3.31. The number of carbonyl (C=O) groups excluding carboxylic acids is 1. The number of hydrogen-bond acceptors (Lipinski definition) is 3. The van der Waals surface area contributed by atoms with E-state index < -0.39 is 5.41 Å². The second-order valence-corrected chi connectivity index (χ2v) is 7.65. The minimum atomic E-state index is -0.409. The van der Waals surface area contributed by atoms with Gasteiger partial charge in [-0.1, -0.05) is 41.0 Å². The Balaban J connectivity index is 2.78. The van der Waals surface area contributed by atoms with Crippen molar-refractivity contribution in [3.63, 3.8) is 0 Å². The second kappa shape index (κ2) is 6.93. The molecule has 1 fully saturated rings. The summed E-state index contributed by atoms with van der Waals surface area (Å²) in [6.45, 7) is 14.9. The molecule has 3 heteroatoms. The monoisotopic (exact) mass is 283 g/mol. The Morgan fingerprint density at radius 1 is 1.25 bits per heavy atom. The minimum Gasteiger partial charge on any atom is -0.462 e. The van der Waals surface area contributed by atoms with Crippen LogP contribution in [0.2, 0.25) is 0 Å². The number of nitrogens with one attached hydrogen (secondary N) is 1. The van der Waals surface area contributed by atoms with Gasteiger partial charge in [0.25, 0.3) is 0 Å². The average Bonchev–Trinajstić information content (AvgIpc) is 2.38. The summed E-state index contributed by atoms with van der Waals surface area (Å²) in [4.78, 5) is 12.8. The van der Waals surface area contributed by atoms with Crippen molar-refractivity contribution in [3.05, 3.63) is 0 Å². The third kappa shape index (κ3) is 4.21. The van der Waals surface area contributed by atoms with Crippen LogP contribution in [0.1, 0.15) is 67.2 Å². The molecule has 2 atom stereocenters. The Morgan fingerprint density at radius 2 is 1.80 bits per heavy atom. The maximum absolute atomic E-state index is 12.8. The molecule has 1 rings (SSSR count). The fourth-order valence-corrected chi connectivity index (χ4v) is 2.73. The molecule has 0 aromatic heterocycles. The van der Waals surface area contributed by atoms with Gasteiger partial charge < -0.3 is 10.1 Å². The second-order valence-electron chi connectivity index (χ2n) is 7.65. The highest BCUT2D eigenvalue weighted by Gasteiger charge is 2.46. The first-order chi connectivity index (χ1) is 9.20. The van der Waals surface area contributed by atoms with E-state index >= 15 is 0 Å². The van der Waals surface area contributed by atoms with E-state index in [2.05, 4.69) is 46.9 Å². The van der Waals surface area contributed by atoms with Gasteiger partial charge >= 0.3 is 5.97 Å². The van der Waals surface area contributed by atoms with Crippen LogP contribution in [0, 0.1) is 16.7 Å². The molecule has 0 spiro atoms. The first-order valence-electron chi connectivity index (χ1n) is 8.12. The molecule has 1 heterocycles. The van der Waals surface area contributed by atoms with Gasteiger partial charge in [0.05, 0.1) is 5.41 Å². The molecule has 0 radical (unpaired) electrons. The fourth-order valence-electron chi connectivity index (χ4n) is 2.73. The van der Waals surface area contributed by atoms with Gasteiger partial charge in [-0.05, 0) is 50.6 Å². The molecule has 0 amide bonds. The summed E-state index contributed by atoms with van der Waals surface area (Å²) < 4.78 is 5.85. The number of rotatable bonds is 5. The van der Waals surface area contributed by atoms with Crippen molar-refractivity contribution in [1.82, 2.24) is 5.32 Å². The third-order valence-corrected chi connectivity index (χ3v) is 5.12. The molecule has 2 unspecified atom stereocenters. The highest BCUT2D eigenvalue weighted by Crippen LogP contribution is 2.45. The Bertz CT molecular complexity index is 315. The molecule has 118 valence electrons. The summed E-state index contributed by atoms with van der Waals surface area (Å²) in [7, 11) is 0. The van der Waals surface area contributed by atoms with Gasteiger partial charge in [-0.15, -0.1) is 0 Å². The molecule has 1 saturated heterocycles. The Hall–Kier alpha value is -0.570. The normalized spacial score (nSPS) is 22.1. The van der Waals surface area contributed by atoms with Gasteiger partial charge in [0, 0.05) is 0 Å². The van der Waals surface area contributed by atoms with Crippen LogP contribution < -0.4 is 5.32 Å². The summed E-state index contributed by atoms with van der Waals surface area (Å²) in [6, 6.07) is 0. The van der Waals surface area contributed by atoms with Gasteiger partial charge in [0.1, 0.15) is 6.10 Å². The summed E-state index contributed by atoms with van der Waals surface area (Å²) in [5.74, 6) is 0.539. The lowest BCUT2D eigenvalue weighted by Crippen LogP contribution is -2.45. The van der Waals surface area contributed by atoms with E-state index in [9.17, 15) is 4.79 Å². The Kier molecular flexibility index (Phi) is 6.06. The summed E-state index contributed by atoms with van der Waals surface area (Å²) >= 11 is 0. The average molecular weight is 283 g/mol. The van der Waals surface area contributed by atoms with E-state index in [4.69, 9.17) is 4.74 Å². The van der Waals surface area contributed by atoms with Crippen molar-refractivity contribution in [2.75, 3.05) is 13.1 Å². The molecule has 3 nitrogen and oxygen atoms in total. The van der Waals surface area contributed by atoms with Gasteiger partial charge in [0.2, 0.25) is 0 Å². The predicted octanol–water partition coefficient (Wildman–Crippen LogP) is 3.77. The zero-order chi connectivity index (χ0) is 15.4. The Morgan fingerprint density at radius 3 is 2.25 bits per heavy atom. The van der Waals surface area contributed by atoms with Gasteiger partial charge in [-0.3, -0.25) is 4.79 Å². The van der Waals surface area contributed by atoms with E-state index in [1.54, 1.807) is 0 Å². The molecule has 1 aliphatic rings. The predicted molar refractivity (Wildman–Crippen MR) is 83.6 cm³/mol. The van der Waals surface area contributed by atoms with Crippen molar-refractivity contribution in [2.24, 2.45) is 16.7 Å². The molecule has 0 saturated carbocycles. The highest BCUT2D eigenvalue weighted by atomic mass is 16.5. The molecular formula is C17H33NO2. The van der Waals surface area contributed by atoms with Crippen LogP contribution in [-0.4, -0.2) is 25.2 Å². The fraction of sp³-hybridized carbons (Fsp3) is 0.941. The number of hydrogen-bond donors (Lipinski definition) is 1. The maximum Gasteiger partial charge on any atom is 0.312 e. The lowest BCUT2D eigenvalue weighted by Gasteiger charge is -2.42. The van der Waals surface area contributed by atoms with E-state index in [1.807, 2.05) is 0 Å². The summed E-state index contributed by atoms with van der Waals surface area (Å²) in [5.41, 5.74) is -0.492. The van der Waals surface area contributed by atoms with E-state index in [0.29, 0.717) is 5.92 Å².